The second-order valence-electron chi connectivity index (χ2n) is 4.03. The van der Waals surface area contributed by atoms with Gasteiger partial charge in [0.2, 0.25) is 0 Å². The minimum absolute atomic E-state index is 0.717. The van der Waals surface area contributed by atoms with Crippen molar-refractivity contribution in [1.29, 1.82) is 0 Å². The van der Waals surface area contributed by atoms with E-state index < -0.39 is 0 Å². The third kappa shape index (κ3) is 2.94. The van der Waals surface area contributed by atoms with Crippen LogP contribution in [0.15, 0.2) is 34.9 Å². The van der Waals surface area contributed by atoms with Gasteiger partial charge in [0.05, 0.1) is 12.2 Å². The number of hydrogen-bond acceptors (Lipinski definition) is 3. The van der Waals surface area contributed by atoms with Crippen molar-refractivity contribution in [2.24, 2.45) is 0 Å². The summed E-state index contributed by atoms with van der Waals surface area (Å²) in [6.07, 6.45) is 0. The topological polar surface area (TPSA) is 38.1 Å². The Morgan fingerprint density at radius 2 is 2.06 bits per heavy atom. The second kappa shape index (κ2) is 4.94. The molecule has 0 unspecified atom stereocenters. The molecule has 0 spiro atoms. The molecule has 3 heteroatoms. The molecule has 1 heterocycles. The smallest absolute Gasteiger partial charge is 0.150 e. The van der Waals surface area contributed by atoms with E-state index in [1.165, 1.54) is 11.1 Å². The van der Waals surface area contributed by atoms with Crippen LogP contribution in [0.3, 0.4) is 0 Å². The second-order valence-corrected chi connectivity index (χ2v) is 4.03. The summed E-state index contributed by atoms with van der Waals surface area (Å²) in [5.41, 5.74) is 3.50. The van der Waals surface area contributed by atoms with Crippen molar-refractivity contribution < 1.29 is 4.52 Å². The van der Waals surface area contributed by atoms with E-state index in [1.807, 2.05) is 13.0 Å². The van der Waals surface area contributed by atoms with Gasteiger partial charge in [0.15, 0.2) is 5.76 Å². The molecule has 1 N–H and O–H groups in total. The highest BCUT2D eigenvalue weighted by atomic mass is 16.5. The molecule has 0 amide bonds. The summed E-state index contributed by atoms with van der Waals surface area (Å²) >= 11 is 0. The van der Waals surface area contributed by atoms with Crippen LogP contribution in [0.25, 0.3) is 0 Å². The number of rotatable bonds is 4. The maximum atomic E-state index is 5.11. The molecule has 0 saturated carbocycles. The molecule has 84 valence electrons. The van der Waals surface area contributed by atoms with E-state index in [0.717, 1.165) is 24.5 Å². The van der Waals surface area contributed by atoms with E-state index in [0.29, 0.717) is 0 Å². The highest BCUT2D eigenvalue weighted by Gasteiger charge is 1.99. The number of benzene rings is 1. The predicted molar refractivity (Wildman–Crippen MR) is 63.0 cm³/mol. The van der Waals surface area contributed by atoms with Crippen molar-refractivity contribution in [2.75, 3.05) is 0 Å². The van der Waals surface area contributed by atoms with E-state index in [-0.39, 0.29) is 0 Å². The first-order valence-corrected chi connectivity index (χ1v) is 5.42. The van der Waals surface area contributed by atoms with Crippen LogP contribution >= 0.6 is 0 Å². The zero-order valence-corrected chi connectivity index (χ0v) is 9.66. The Hall–Kier alpha value is -1.61. The molecule has 0 fully saturated rings. The minimum Gasteiger partial charge on any atom is -0.360 e. The number of hydrogen-bond donors (Lipinski definition) is 1. The Labute approximate surface area is 95.5 Å². The van der Waals surface area contributed by atoms with Crippen molar-refractivity contribution in [3.05, 3.63) is 52.9 Å². The molecule has 2 aromatic rings. The van der Waals surface area contributed by atoms with Gasteiger partial charge in [0.25, 0.3) is 0 Å². The Bertz CT molecular complexity index is 462. The molecular weight excluding hydrogens is 200 g/mol. The largest absolute Gasteiger partial charge is 0.360 e. The summed E-state index contributed by atoms with van der Waals surface area (Å²) in [4.78, 5) is 0. The monoisotopic (exact) mass is 216 g/mol. The van der Waals surface area contributed by atoms with E-state index in [1.54, 1.807) is 0 Å². The van der Waals surface area contributed by atoms with Gasteiger partial charge < -0.3 is 9.84 Å². The van der Waals surface area contributed by atoms with Crippen molar-refractivity contribution in [1.82, 2.24) is 10.5 Å². The third-order valence-corrected chi connectivity index (χ3v) is 2.39. The van der Waals surface area contributed by atoms with Gasteiger partial charge in [-0.05, 0) is 19.4 Å². The van der Waals surface area contributed by atoms with Gasteiger partial charge in [0.1, 0.15) is 0 Å². The summed E-state index contributed by atoms with van der Waals surface area (Å²) in [5, 5.41) is 7.17. The molecular formula is C13H16N2O. The molecule has 3 nitrogen and oxygen atoms in total. The van der Waals surface area contributed by atoms with E-state index >= 15 is 0 Å². The lowest BCUT2D eigenvalue weighted by molar-refractivity contribution is 0.369. The fourth-order valence-corrected chi connectivity index (χ4v) is 1.65. The van der Waals surface area contributed by atoms with Gasteiger partial charge in [-0.15, -0.1) is 0 Å². The molecule has 0 radical (unpaired) electrons. The van der Waals surface area contributed by atoms with Crippen LogP contribution in [0, 0.1) is 13.8 Å². The lowest BCUT2D eigenvalue weighted by Crippen LogP contribution is -2.12. The summed E-state index contributed by atoms with van der Waals surface area (Å²) in [5.74, 6) is 0.880. The highest BCUT2D eigenvalue weighted by Crippen LogP contribution is 2.05. The number of nitrogens with zero attached hydrogens (tertiary/aromatic N) is 1. The van der Waals surface area contributed by atoms with Gasteiger partial charge in [-0.25, -0.2) is 0 Å². The maximum Gasteiger partial charge on any atom is 0.150 e. The van der Waals surface area contributed by atoms with Gasteiger partial charge in [-0.2, -0.15) is 0 Å². The summed E-state index contributed by atoms with van der Waals surface area (Å²) < 4.78 is 5.11. The van der Waals surface area contributed by atoms with Crippen LogP contribution in [0.1, 0.15) is 22.6 Å². The molecule has 0 aliphatic carbocycles. The Morgan fingerprint density at radius 1 is 1.19 bits per heavy atom. The fraction of sp³-hybridized carbons (Fsp3) is 0.308. The average Bonchev–Trinajstić information content (AvgIpc) is 2.64. The van der Waals surface area contributed by atoms with E-state index in [4.69, 9.17) is 4.52 Å². The molecule has 0 bridgehead atoms. The van der Waals surface area contributed by atoms with Crippen LogP contribution in [0.4, 0.5) is 0 Å². The Balaban J connectivity index is 1.84. The van der Waals surface area contributed by atoms with Crippen molar-refractivity contribution >= 4 is 0 Å². The number of aromatic nitrogens is 1. The predicted octanol–water partition coefficient (Wildman–Crippen LogP) is 2.58. The quantitative estimate of drug-likeness (QED) is 0.853. The SMILES string of the molecule is Cc1cccc(CNCc2cc(C)no2)c1. The Morgan fingerprint density at radius 3 is 2.75 bits per heavy atom. The zero-order chi connectivity index (χ0) is 11.4. The van der Waals surface area contributed by atoms with Gasteiger partial charge in [-0.1, -0.05) is 35.0 Å². The van der Waals surface area contributed by atoms with Gasteiger partial charge in [-0.3, -0.25) is 0 Å². The first-order valence-electron chi connectivity index (χ1n) is 5.42. The fourth-order valence-electron chi connectivity index (χ4n) is 1.65. The lowest BCUT2D eigenvalue weighted by Gasteiger charge is -2.03. The molecule has 16 heavy (non-hydrogen) atoms. The standard InChI is InChI=1S/C13H16N2O/c1-10-4-3-5-12(6-10)8-14-9-13-7-11(2)15-16-13/h3-7,14H,8-9H2,1-2H3. The normalized spacial score (nSPS) is 10.6. The average molecular weight is 216 g/mol. The summed E-state index contributed by atoms with van der Waals surface area (Å²) in [6.45, 7) is 5.59. The van der Waals surface area contributed by atoms with Crippen LogP contribution in [0.5, 0.6) is 0 Å². The first-order chi connectivity index (χ1) is 7.74. The van der Waals surface area contributed by atoms with Crippen LogP contribution in [0.2, 0.25) is 0 Å². The van der Waals surface area contributed by atoms with Gasteiger partial charge in [0, 0.05) is 12.6 Å². The van der Waals surface area contributed by atoms with E-state index in [2.05, 4.69) is 41.7 Å². The van der Waals surface area contributed by atoms with Crippen LogP contribution in [-0.4, -0.2) is 5.16 Å². The zero-order valence-electron chi connectivity index (χ0n) is 9.66. The highest BCUT2D eigenvalue weighted by molar-refractivity contribution is 5.22. The van der Waals surface area contributed by atoms with E-state index in [9.17, 15) is 0 Å². The minimum atomic E-state index is 0.717. The molecule has 1 aromatic heterocycles. The molecule has 1 aromatic carbocycles. The summed E-state index contributed by atoms with van der Waals surface area (Å²) in [6, 6.07) is 10.4. The number of aryl methyl sites for hydroxylation is 2. The van der Waals surface area contributed by atoms with Crippen molar-refractivity contribution in [3.8, 4) is 0 Å². The molecule has 0 aliphatic rings. The van der Waals surface area contributed by atoms with Crippen LogP contribution < -0.4 is 5.32 Å². The van der Waals surface area contributed by atoms with Gasteiger partial charge >= 0.3 is 0 Å². The molecule has 0 aliphatic heterocycles. The molecule has 2 rings (SSSR count). The number of nitrogens with one attached hydrogen (secondary N) is 1. The lowest BCUT2D eigenvalue weighted by atomic mass is 10.1. The molecule has 0 atom stereocenters. The van der Waals surface area contributed by atoms with Crippen LogP contribution in [-0.2, 0) is 13.1 Å². The first kappa shape index (κ1) is 10.9. The van der Waals surface area contributed by atoms with Crippen molar-refractivity contribution in [3.63, 3.8) is 0 Å². The summed E-state index contributed by atoms with van der Waals surface area (Å²) in [7, 11) is 0. The maximum absolute atomic E-state index is 5.11. The molecule has 0 saturated heterocycles. The van der Waals surface area contributed by atoms with Crippen molar-refractivity contribution in [2.45, 2.75) is 26.9 Å². The third-order valence-electron chi connectivity index (χ3n) is 2.39. The Kier molecular flexibility index (Phi) is 3.37.